The van der Waals surface area contributed by atoms with E-state index in [9.17, 15) is 4.79 Å². The molecular weight excluding hydrogens is 288 g/mol. The van der Waals surface area contributed by atoms with Crippen molar-refractivity contribution in [2.24, 2.45) is 11.8 Å². The Bertz CT molecular complexity index is 751. The Morgan fingerprint density at radius 3 is 2.65 bits per heavy atom. The number of aromatic nitrogens is 2. The van der Waals surface area contributed by atoms with Gasteiger partial charge >= 0.3 is 0 Å². The zero-order valence-corrected chi connectivity index (χ0v) is 13.4. The Balaban J connectivity index is 1.47. The average molecular weight is 310 g/mol. The van der Waals surface area contributed by atoms with E-state index in [1.54, 1.807) is 0 Å². The molecule has 23 heavy (non-hydrogen) atoms. The molecule has 1 N–H and O–H groups in total. The van der Waals surface area contributed by atoms with Crippen LogP contribution >= 0.6 is 0 Å². The number of para-hydroxylation sites is 2. The van der Waals surface area contributed by atoms with Crippen LogP contribution in [0.15, 0.2) is 30.6 Å². The SMILES string of the molecule is C[C@H](C(=O)N1[C@@H]2CC[C@H]1[C@H]1CNC[C@H]12)n1cnc2ccccc21. The van der Waals surface area contributed by atoms with E-state index >= 15 is 0 Å². The number of amides is 1. The van der Waals surface area contributed by atoms with Crippen molar-refractivity contribution in [3.8, 4) is 0 Å². The van der Waals surface area contributed by atoms with Crippen LogP contribution in [-0.2, 0) is 4.79 Å². The lowest BCUT2D eigenvalue weighted by Crippen LogP contribution is -2.42. The van der Waals surface area contributed by atoms with Crippen molar-refractivity contribution in [2.75, 3.05) is 13.1 Å². The third kappa shape index (κ3) is 1.77. The number of benzene rings is 1. The van der Waals surface area contributed by atoms with Gasteiger partial charge < -0.3 is 14.8 Å². The van der Waals surface area contributed by atoms with Crippen molar-refractivity contribution in [3.63, 3.8) is 0 Å². The molecule has 1 aromatic carbocycles. The summed E-state index contributed by atoms with van der Waals surface area (Å²) in [4.78, 5) is 19.9. The van der Waals surface area contributed by atoms with Crippen LogP contribution in [0.5, 0.6) is 0 Å². The fourth-order valence-electron chi connectivity index (χ4n) is 5.22. The van der Waals surface area contributed by atoms with E-state index in [2.05, 4.69) is 15.2 Å². The minimum absolute atomic E-state index is 0.183. The lowest BCUT2D eigenvalue weighted by atomic mass is 9.82. The summed E-state index contributed by atoms with van der Waals surface area (Å²) in [5, 5.41) is 3.51. The van der Waals surface area contributed by atoms with Crippen LogP contribution in [0, 0.1) is 11.8 Å². The second kappa shape index (κ2) is 4.81. The third-order valence-electron chi connectivity index (χ3n) is 6.28. The summed E-state index contributed by atoms with van der Waals surface area (Å²) in [7, 11) is 0. The highest BCUT2D eigenvalue weighted by atomic mass is 16.2. The second-order valence-corrected chi connectivity index (χ2v) is 7.26. The van der Waals surface area contributed by atoms with Crippen molar-refractivity contribution < 1.29 is 4.79 Å². The van der Waals surface area contributed by atoms with Gasteiger partial charge in [-0.15, -0.1) is 0 Å². The summed E-state index contributed by atoms with van der Waals surface area (Å²) in [5.41, 5.74) is 2.00. The summed E-state index contributed by atoms with van der Waals surface area (Å²) in [6.07, 6.45) is 4.17. The number of nitrogens with zero attached hydrogens (tertiary/aromatic N) is 3. The highest BCUT2D eigenvalue weighted by Crippen LogP contribution is 2.48. The first-order valence-electron chi connectivity index (χ1n) is 8.70. The Labute approximate surface area is 135 Å². The molecule has 0 aliphatic carbocycles. The Hall–Kier alpha value is -1.88. The number of rotatable bonds is 2. The lowest BCUT2D eigenvalue weighted by Gasteiger charge is -2.28. The van der Waals surface area contributed by atoms with Crippen LogP contribution in [-0.4, -0.2) is 45.5 Å². The minimum Gasteiger partial charge on any atom is -0.334 e. The van der Waals surface area contributed by atoms with Gasteiger partial charge in [-0.05, 0) is 43.7 Å². The molecule has 5 nitrogen and oxygen atoms in total. The van der Waals surface area contributed by atoms with E-state index in [0.29, 0.717) is 23.9 Å². The number of carbonyl (C=O) groups is 1. The summed E-state index contributed by atoms with van der Waals surface area (Å²) in [6.45, 7) is 4.18. The van der Waals surface area contributed by atoms with E-state index in [1.807, 2.05) is 42.1 Å². The van der Waals surface area contributed by atoms with Gasteiger partial charge in [0.05, 0.1) is 17.4 Å². The number of carbonyl (C=O) groups excluding carboxylic acids is 1. The topological polar surface area (TPSA) is 50.2 Å². The molecule has 1 aromatic heterocycles. The molecule has 2 bridgehead atoms. The number of imidazole rings is 1. The number of nitrogens with one attached hydrogen (secondary N) is 1. The van der Waals surface area contributed by atoms with Gasteiger partial charge in [-0.2, -0.15) is 0 Å². The van der Waals surface area contributed by atoms with Gasteiger partial charge in [0.2, 0.25) is 5.91 Å². The van der Waals surface area contributed by atoms with Crippen molar-refractivity contribution in [1.29, 1.82) is 0 Å². The molecule has 5 heteroatoms. The average Bonchev–Trinajstić information content (AvgIpc) is 3.32. The molecule has 3 saturated heterocycles. The van der Waals surface area contributed by atoms with Crippen LogP contribution in [0.25, 0.3) is 11.0 Å². The second-order valence-electron chi connectivity index (χ2n) is 7.26. The molecule has 3 aliphatic heterocycles. The summed E-state index contributed by atoms with van der Waals surface area (Å²) in [6, 6.07) is 8.75. The van der Waals surface area contributed by atoms with Crippen molar-refractivity contribution >= 4 is 16.9 Å². The first kappa shape index (κ1) is 13.5. The maximum atomic E-state index is 13.2. The van der Waals surface area contributed by atoms with Crippen molar-refractivity contribution in [3.05, 3.63) is 30.6 Å². The molecule has 0 unspecified atom stereocenters. The molecule has 3 aliphatic rings. The Kier molecular flexibility index (Phi) is 2.83. The predicted octanol–water partition coefficient (Wildman–Crippen LogP) is 1.81. The molecule has 5 rings (SSSR count). The van der Waals surface area contributed by atoms with E-state index in [-0.39, 0.29) is 11.9 Å². The lowest BCUT2D eigenvalue weighted by molar-refractivity contribution is -0.135. The van der Waals surface area contributed by atoms with Gasteiger partial charge in [0.25, 0.3) is 0 Å². The Morgan fingerprint density at radius 2 is 1.91 bits per heavy atom. The number of hydrogen-bond donors (Lipinski definition) is 1. The zero-order valence-electron chi connectivity index (χ0n) is 13.4. The standard InChI is InChI=1S/C18H22N4O/c1-11(21-10-20-14-4-2-3-5-17(14)21)18(23)22-15-6-7-16(22)13-9-19-8-12(13)15/h2-5,10-13,15-16,19H,6-9H2,1H3/t11-,12-,13+,15-,16+/m1/s1. The highest BCUT2D eigenvalue weighted by Gasteiger charge is 2.56. The summed E-state index contributed by atoms with van der Waals surface area (Å²) < 4.78 is 2.03. The largest absolute Gasteiger partial charge is 0.334 e. The van der Waals surface area contributed by atoms with Gasteiger partial charge in [-0.25, -0.2) is 4.98 Å². The van der Waals surface area contributed by atoms with Crippen LogP contribution < -0.4 is 5.32 Å². The van der Waals surface area contributed by atoms with E-state index < -0.39 is 0 Å². The van der Waals surface area contributed by atoms with Gasteiger partial charge in [-0.3, -0.25) is 4.79 Å². The molecule has 0 saturated carbocycles. The first-order valence-corrected chi connectivity index (χ1v) is 8.70. The number of hydrogen-bond acceptors (Lipinski definition) is 3. The van der Waals surface area contributed by atoms with E-state index in [1.165, 1.54) is 12.8 Å². The molecule has 0 radical (unpaired) electrons. The minimum atomic E-state index is -0.183. The monoisotopic (exact) mass is 310 g/mol. The van der Waals surface area contributed by atoms with Crippen LogP contribution in [0.1, 0.15) is 25.8 Å². The zero-order chi connectivity index (χ0) is 15.6. The maximum absolute atomic E-state index is 13.2. The number of fused-ring (bicyclic) bond motifs is 6. The molecule has 5 atom stereocenters. The Morgan fingerprint density at radius 1 is 1.22 bits per heavy atom. The van der Waals surface area contributed by atoms with Crippen LogP contribution in [0.4, 0.5) is 0 Å². The molecule has 2 aromatic rings. The first-order chi connectivity index (χ1) is 11.3. The summed E-state index contributed by atoms with van der Waals surface area (Å²) in [5.74, 6) is 1.61. The normalized spacial score (nSPS) is 33.3. The van der Waals surface area contributed by atoms with Gasteiger partial charge in [0.1, 0.15) is 6.04 Å². The van der Waals surface area contributed by atoms with E-state index in [4.69, 9.17) is 0 Å². The molecule has 120 valence electrons. The predicted molar refractivity (Wildman–Crippen MR) is 87.9 cm³/mol. The van der Waals surface area contributed by atoms with Gasteiger partial charge in [0, 0.05) is 25.2 Å². The molecule has 1 amide bonds. The maximum Gasteiger partial charge on any atom is 0.245 e. The van der Waals surface area contributed by atoms with Crippen LogP contribution in [0.2, 0.25) is 0 Å². The van der Waals surface area contributed by atoms with Crippen LogP contribution in [0.3, 0.4) is 0 Å². The smallest absolute Gasteiger partial charge is 0.245 e. The molecule has 3 fully saturated rings. The molecule has 0 spiro atoms. The van der Waals surface area contributed by atoms with Gasteiger partial charge in [-0.1, -0.05) is 12.1 Å². The van der Waals surface area contributed by atoms with Crippen molar-refractivity contribution in [2.45, 2.75) is 37.9 Å². The quantitative estimate of drug-likeness (QED) is 0.920. The molecular formula is C18H22N4O. The fraction of sp³-hybridized carbons (Fsp3) is 0.556. The fourth-order valence-corrected chi connectivity index (χ4v) is 5.22. The summed E-state index contributed by atoms with van der Waals surface area (Å²) >= 11 is 0. The third-order valence-corrected chi connectivity index (χ3v) is 6.28. The van der Waals surface area contributed by atoms with E-state index in [0.717, 1.165) is 24.1 Å². The molecule has 4 heterocycles. The van der Waals surface area contributed by atoms with Gasteiger partial charge in [0.15, 0.2) is 0 Å². The van der Waals surface area contributed by atoms with Crippen molar-refractivity contribution in [1.82, 2.24) is 19.8 Å². The highest BCUT2D eigenvalue weighted by molar-refractivity contribution is 5.84.